The van der Waals surface area contributed by atoms with Gasteiger partial charge in [-0.3, -0.25) is 4.55 Å². The lowest BCUT2D eigenvalue weighted by Crippen LogP contribution is -2.40. The fraction of sp³-hybridized carbons (Fsp3) is 0.600. The predicted molar refractivity (Wildman–Crippen MR) is 85.9 cm³/mol. The van der Waals surface area contributed by atoms with Crippen LogP contribution in [0.2, 0.25) is 0 Å². The third-order valence-electron chi connectivity index (χ3n) is 3.83. The first-order valence-corrected chi connectivity index (χ1v) is 9.06. The third kappa shape index (κ3) is 4.11. The molecule has 0 saturated heterocycles. The van der Waals surface area contributed by atoms with Crippen LogP contribution in [0.15, 0.2) is 24.3 Å². The van der Waals surface area contributed by atoms with Crippen LogP contribution in [-0.4, -0.2) is 19.1 Å². The molecule has 0 amide bonds. The van der Waals surface area contributed by atoms with E-state index in [2.05, 4.69) is 12.2 Å². The Hall–Kier alpha value is -1.27. The van der Waals surface area contributed by atoms with Crippen molar-refractivity contribution in [3.8, 4) is 0 Å². The van der Waals surface area contributed by atoms with Gasteiger partial charge in [0.05, 0.1) is 11.4 Å². The Bertz CT molecular complexity index is 560. The molecule has 0 radical (unpaired) electrons. The molecule has 0 bridgehead atoms. The minimum absolute atomic E-state index is 0.386. The van der Waals surface area contributed by atoms with Crippen LogP contribution in [0.3, 0.4) is 0 Å². The summed E-state index contributed by atoms with van der Waals surface area (Å²) < 4.78 is 33.8. The van der Waals surface area contributed by atoms with Crippen LogP contribution in [-0.2, 0) is 10.3 Å². The Balaban J connectivity index is 1.94. The van der Waals surface area contributed by atoms with Crippen LogP contribution in [0.5, 0.6) is 0 Å². The molecule has 0 fully saturated rings. The molecule has 1 aliphatic rings. The van der Waals surface area contributed by atoms with Crippen molar-refractivity contribution in [2.75, 3.05) is 9.62 Å². The lowest BCUT2D eigenvalue weighted by molar-refractivity contribution is 0.467. The largest absolute Gasteiger partial charge is 0.363 e. The molecule has 0 spiro atoms. The van der Waals surface area contributed by atoms with E-state index < -0.39 is 10.3 Å². The number of nitrogens with one attached hydrogen (secondary N) is 1. The number of unbranched alkanes of at least 4 members (excludes halogenated alkanes) is 5. The number of rotatable bonds is 8. The molecule has 6 heteroatoms. The van der Waals surface area contributed by atoms with E-state index >= 15 is 0 Å². The molecule has 1 unspecified atom stereocenters. The first-order valence-electron chi connectivity index (χ1n) is 7.66. The molecule has 0 aliphatic carbocycles. The monoisotopic (exact) mass is 312 g/mol. The smallest absolute Gasteiger partial charge is 0.361 e. The molecule has 2 N–H and O–H groups in total. The summed E-state index contributed by atoms with van der Waals surface area (Å²) in [5.74, 6) is 0. The maximum absolute atomic E-state index is 11.6. The quantitative estimate of drug-likeness (QED) is 0.566. The number of benzene rings is 1. The van der Waals surface area contributed by atoms with Crippen LogP contribution in [0, 0.1) is 0 Å². The molecule has 0 aromatic heterocycles. The first kappa shape index (κ1) is 16.1. The van der Waals surface area contributed by atoms with Crippen molar-refractivity contribution in [1.29, 1.82) is 0 Å². The number of anilines is 2. The molecule has 2 rings (SSSR count). The number of fused-ring (bicyclic) bond motifs is 1. The van der Waals surface area contributed by atoms with Crippen molar-refractivity contribution >= 4 is 21.7 Å². The average Bonchev–Trinajstić information content (AvgIpc) is 2.80. The lowest BCUT2D eigenvalue weighted by Gasteiger charge is -2.23. The van der Waals surface area contributed by atoms with E-state index in [4.69, 9.17) is 0 Å². The second kappa shape index (κ2) is 7.13. The zero-order valence-electron chi connectivity index (χ0n) is 12.5. The highest BCUT2D eigenvalue weighted by molar-refractivity contribution is 7.87. The van der Waals surface area contributed by atoms with Crippen LogP contribution < -0.4 is 9.62 Å². The van der Waals surface area contributed by atoms with Crippen molar-refractivity contribution in [2.24, 2.45) is 0 Å². The molecule has 1 atom stereocenters. The van der Waals surface area contributed by atoms with Crippen molar-refractivity contribution in [1.82, 2.24) is 0 Å². The normalized spacial score (nSPS) is 17.6. The standard InChI is InChI=1S/C15H24N2O3S/c1-2-3-4-5-6-7-12-15-16-13-10-8-9-11-14(13)17(15)21(18,19)20/h8-11,15-16H,2-7,12H2,1H3,(H,18,19,20). The van der Waals surface area contributed by atoms with Gasteiger partial charge in [0.25, 0.3) is 0 Å². The van der Waals surface area contributed by atoms with Crippen LogP contribution in [0.4, 0.5) is 11.4 Å². The molecule has 0 saturated carbocycles. The average molecular weight is 312 g/mol. The maximum atomic E-state index is 11.6. The minimum Gasteiger partial charge on any atom is -0.363 e. The summed E-state index contributed by atoms with van der Waals surface area (Å²) in [5.41, 5.74) is 1.28. The van der Waals surface area contributed by atoms with Gasteiger partial charge in [-0.25, -0.2) is 4.31 Å². The summed E-state index contributed by atoms with van der Waals surface area (Å²) in [6.45, 7) is 2.18. The Morgan fingerprint density at radius 3 is 2.52 bits per heavy atom. The summed E-state index contributed by atoms with van der Waals surface area (Å²) in [6.07, 6.45) is 7.23. The maximum Gasteiger partial charge on any atom is 0.361 e. The van der Waals surface area contributed by atoms with Crippen molar-refractivity contribution in [3.05, 3.63) is 24.3 Å². The van der Waals surface area contributed by atoms with Crippen LogP contribution in [0.1, 0.15) is 51.9 Å². The van der Waals surface area contributed by atoms with Gasteiger partial charge in [0.2, 0.25) is 0 Å². The van der Waals surface area contributed by atoms with E-state index in [1.165, 1.54) is 25.7 Å². The fourth-order valence-electron chi connectivity index (χ4n) is 2.79. The fourth-order valence-corrected chi connectivity index (χ4v) is 3.67. The van der Waals surface area contributed by atoms with E-state index in [-0.39, 0.29) is 6.17 Å². The van der Waals surface area contributed by atoms with Gasteiger partial charge >= 0.3 is 10.3 Å². The SMILES string of the molecule is CCCCCCCCC1Nc2ccccc2N1S(=O)(=O)O. The van der Waals surface area contributed by atoms with Crippen molar-refractivity contribution < 1.29 is 13.0 Å². The molecule has 118 valence electrons. The predicted octanol–water partition coefficient (Wildman–Crippen LogP) is 3.80. The lowest BCUT2D eigenvalue weighted by atomic mass is 10.1. The van der Waals surface area contributed by atoms with Gasteiger partial charge < -0.3 is 5.32 Å². The highest BCUT2D eigenvalue weighted by atomic mass is 32.2. The number of para-hydroxylation sites is 2. The zero-order valence-corrected chi connectivity index (χ0v) is 13.3. The third-order valence-corrected chi connectivity index (χ3v) is 4.77. The van der Waals surface area contributed by atoms with Crippen LogP contribution >= 0.6 is 0 Å². The first-order chi connectivity index (χ1) is 10.0. The zero-order chi connectivity index (χ0) is 15.3. The highest BCUT2D eigenvalue weighted by Crippen LogP contribution is 2.37. The summed E-state index contributed by atoms with van der Waals surface area (Å²) in [6, 6.07) is 7.15. The van der Waals surface area contributed by atoms with Gasteiger partial charge in [-0.1, -0.05) is 51.2 Å². The summed E-state index contributed by atoms with van der Waals surface area (Å²) in [7, 11) is -4.25. The molecule has 1 heterocycles. The van der Waals surface area contributed by atoms with Gasteiger partial charge in [0, 0.05) is 0 Å². The second-order valence-corrected chi connectivity index (χ2v) is 6.80. The molecule has 1 aliphatic heterocycles. The topological polar surface area (TPSA) is 69.6 Å². The van der Waals surface area contributed by atoms with E-state index in [9.17, 15) is 13.0 Å². The summed E-state index contributed by atoms with van der Waals surface area (Å²) in [4.78, 5) is 0. The molecule has 1 aromatic carbocycles. The van der Waals surface area contributed by atoms with Crippen molar-refractivity contribution in [2.45, 2.75) is 58.0 Å². The van der Waals surface area contributed by atoms with Gasteiger partial charge in [0.15, 0.2) is 0 Å². The van der Waals surface area contributed by atoms with Gasteiger partial charge in [-0.2, -0.15) is 8.42 Å². The molecule has 5 nitrogen and oxygen atoms in total. The molecule has 1 aromatic rings. The second-order valence-electron chi connectivity index (χ2n) is 5.51. The number of nitrogens with zero attached hydrogens (tertiary/aromatic N) is 1. The summed E-state index contributed by atoms with van der Waals surface area (Å²) >= 11 is 0. The highest BCUT2D eigenvalue weighted by Gasteiger charge is 2.35. The molecular formula is C15H24N2O3S. The Labute approximate surface area is 127 Å². The molecule has 21 heavy (non-hydrogen) atoms. The van der Waals surface area contributed by atoms with E-state index in [0.29, 0.717) is 12.1 Å². The number of hydrogen-bond acceptors (Lipinski definition) is 3. The van der Waals surface area contributed by atoms with Gasteiger partial charge in [-0.05, 0) is 25.0 Å². The van der Waals surface area contributed by atoms with Gasteiger partial charge in [-0.15, -0.1) is 0 Å². The number of hydrogen-bond donors (Lipinski definition) is 2. The van der Waals surface area contributed by atoms with Gasteiger partial charge in [0.1, 0.15) is 6.17 Å². The van der Waals surface area contributed by atoms with Crippen molar-refractivity contribution in [3.63, 3.8) is 0 Å². The minimum atomic E-state index is -4.25. The summed E-state index contributed by atoms with van der Waals surface area (Å²) in [5, 5.41) is 3.18. The van der Waals surface area contributed by atoms with Crippen LogP contribution in [0.25, 0.3) is 0 Å². The molecular weight excluding hydrogens is 288 g/mol. The van der Waals surface area contributed by atoms with E-state index in [1.54, 1.807) is 12.1 Å². The van der Waals surface area contributed by atoms with E-state index in [1.807, 2.05) is 12.1 Å². The Kier molecular flexibility index (Phi) is 5.47. The Morgan fingerprint density at radius 2 is 1.81 bits per heavy atom. The van der Waals surface area contributed by atoms with E-state index in [0.717, 1.165) is 22.8 Å². The Morgan fingerprint density at radius 1 is 1.14 bits per heavy atom.